The first kappa shape index (κ1) is 15.6. The summed E-state index contributed by atoms with van der Waals surface area (Å²) in [4.78, 5) is 13.8. The molecule has 0 aliphatic rings. The third-order valence-electron chi connectivity index (χ3n) is 3.39. The lowest BCUT2D eigenvalue weighted by molar-refractivity contribution is -0.124. The number of primary amides is 1. The van der Waals surface area contributed by atoms with Gasteiger partial charge in [0, 0.05) is 19.7 Å². The molecule has 1 aromatic rings. The molecule has 0 saturated heterocycles. The molecule has 0 radical (unpaired) electrons. The van der Waals surface area contributed by atoms with Crippen LogP contribution in [0.5, 0.6) is 0 Å². The molecule has 2 atom stereocenters. The molecule has 106 valence electrons. The van der Waals surface area contributed by atoms with Crippen LogP contribution in [0, 0.1) is 0 Å². The van der Waals surface area contributed by atoms with Gasteiger partial charge in [-0.3, -0.25) is 9.69 Å². The van der Waals surface area contributed by atoms with E-state index < -0.39 is 11.4 Å². The van der Waals surface area contributed by atoms with Crippen molar-refractivity contribution in [1.29, 1.82) is 0 Å². The lowest BCUT2D eigenvalue weighted by Crippen LogP contribution is -2.57. The minimum Gasteiger partial charge on any atom is -0.383 e. The average Bonchev–Trinajstić information content (AvgIpc) is 2.39. The zero-order valence-electron chi connectivity index (χ0n) is 11.8. The van der Waals surface area contributed by atoms with Gasteiger partial charge >= 0.3 is 0 Å². The number of nitrogens with two attached hydrogens (primary N) is 2. The van der Waals surface area contributed by atoms with E-state index in [0.29, 0.717) is 13.2 Å². The number of methoxy groups -OCH3 is 1. The number of nitrogens with zero attached hydrogens (tertiary/aromatic N) is 1. The van der Waals surface area contributed by atoms with Crippen molar-refractivity contribution in [2.45, 2.75) is 18.5 Å². The van der Waals surface area contributed by atoms with E-state index in [4.69, 9.17) is 16.2 Å². The van der Waals surface area contributed by atoms with E-state index in [9.17, 15) is 4.79 Å². The van der Waals surface area contributed by atoms with Crippen LogP contribution in [0.15, 0.2) is 30.3 Å². The minimum absolute atomic E-state index is 0.149. The van der Waals surface area contributed by atoms with Gasteiger partial charge in [-0.1, -0.05) is 30.3 Å². The Balaban J connectivity index is 2.93. The first-order valence-electron chi connectivity index (χ1n) is 6.25. The summed E-state index contributed by atoms with van der Waals surface area (Å²) in [5.74, 6) is -0.532. The Kier molecular flexibility index (Phi) is 5.47. The fourth-order valence-corrected chi connectivity index (χ4v) is 1.96. The molecule has 0 aliphatic carbocycles. The fraction of sp³-hybridized carbons (Fsp3) is 0.500. The molecule has 4 N–H and O–H groups in total. The predicted molar refractivity (Wildman–Crippen MR) is 75.5 cm³/mol. The van der Waals surface area contributed by atoms with Crippen LogP contribution in [0.3, 0.4) is 0 Å². The van der Waals surface area contributed by atoms with Crippen LogP contribution in [0.2, 0.25) is 0 Å². The Labute approximate surface area is 114 Å². The van der Waals surface area contributed by atoms with E-state index in [2.05, 4.69) is 0 Å². The second kappa shape index (κ2) is 6.65. The van der Waals surface area contributed by atoms with E-state index in [1.807, 2.05) is 49.2 Å². The largest absolute Gasteiger partial charge is 0.383 e. The molecule has 0 saturated carbocycles. The maximum absolute atomic E-state index is 11.8. The van der Waals surface area contributed by atoms with Crippen molar-refractivity contribution >= 4 is 5.91 Å². The van der Waals surface area contributed by atoms with Crippen molar-refractivity contribution < 1.29 is 9.53 Å². The van der Waals surface area contributed by atoms with Gasteiger partial charge in [-0.25, -0.2) is 0 Å². The van der Waals surface area contributed by atoms with Crippen molar-refractivity contribution in [3.63, 3.8) is 0 Å². The third kappa shape index (κ3) is 3.76. The molecule has 1 aromatic carbocycles. The fourth-order valence-electron chi connectivity index (χ4n) is 1.96. The van der Waals surface area contributed by atoms with Crippen LogP contribution in [-0.4, -0.2) is 44.2 Å². The number of rotatable bonds is 7. The predicted octanol–water partition coefficient (Wildman–Crippen LogP) is 0.293. The zero-order valence-corrected chi connectivity index (χ0v) is 11.8. The maximum Gasteiger partial charge on any atom is 0.243 e. The standard InChI is InChI=1S/C14H23N3O2/c1-11(9-19-3)17(2)10-14(16,13(15)18)12-7-5-4-6-8-12/h4-8,11H,9-10,16H2,1-3H3,(H2,15,18). The van der Waals surface area contributed by atoms with Gasteiger partial charge in [-0.2, -0.15) is 0 Å². The van der Waals surface area contributed by atoms with E-state index >= 15 is 0 Å². The molecule has 0 heterocycles. The van der Waals surface area contributed by atoms with Gasteiger partial charge in [0.15, 0.2) is 0 Å². The molecular weight excluding hydrogens is 242 g/mol. The molecule has 0 fully saturated rings. The summed E-state index contributed by atoms with van der Waals surface area (Å²) in [6, 6.07) is 9.36. The molecule has 1 amide bonds. The third-order valence-corrected chi connectivity index (χ3v) is 3.39. The first-order valence-corrected chi connectivity index (χ1v) is 6.25. The maximum atomic E-state index is 11.8. The normalized spacial score (nSPS) is 16.1. The minimum atomic E-state index is -1.20. The molecule has 2 unspecified atom stereocenters. The van der Waals surface area contributed by atoms with Gasteiger partial charge in [0.25, 0.3) is 0 Å². The summed E-state index contributed by atoms with van der Waals surface area (Å²) >= 11 is 0. The van der Waals surface area contributed by atoms with Crippen LogP contribution in [0.25, 0.3) is 0 Å². The summed E-state index contributed by atoms with van der Waals surface area (Å²) < 4.78 is 5.11. The van der Waals surface area contributed by atoms with E-state index in [1.54, 1.807) is 7.11 Å². The lowest BCUT2D eigenvalue weighted by Gasteiger charge is -2.34. The van der Waals surface area contributed by atoms with E-state index in [0.717, 1.165) is 5.56 Å². The van der Waals surface area contributed by atoms with Gasteiger partial charge in [-0.05, 0) is 19.5 Å². The van der Waals surface area contributed by atoms with Crippen molar-refractivity contribution in [3.8, 4) is 0 Å². The Morgan fingerprint density at radius 1 is 1.42 bits per heavy atom. The van der Waals surface area contributed by atoms with Crippen LogP contribution in [-0.2, 0) is 15.1 Å². The zero-order chi connectivity index (χ0) is 14.5. The topological polar surface area (TPSA) is 81.6 Å². The second-order valence-corrected chi connectivity index (χ2v) is 4.92. The van der Waals surface area contributed by atoms with Crippen molar-refractivity contribution in [2.24, 2.45) is 11.5 Å². The Hall–Kier alpha value is -1.43. The number of benzene rings is 1. The molecule has 19 heavy (non-hydrogen) atoms. The molecular formula is C14H23N3O2. The van der Waals surface area contributed by atoms with E-state index in [1.165, 1.54) is 0 Å². The van der Waals surface area contributed by atoms with Crippen molar-refractivity contribution in [1.82, 2.24) is 4.90 Å². The molecule has 1 rings (SSSR count). The van der Waals surface area contributed by atoms with Crippen molar-refractivity contribution in [2.75, 3.05) is 27.3 Å². The molecule has 0 spiro atoms. The van der Waals surface area contributed by atoms with Gasteiger partial charge in [-0.15, -0.1) is 0 Å². The first-order chi connectivity index (χ1) is 8.91. The number of hydrogen-bond donors (Lipinski definition) is 2. The van der Waals surface area contributed by atoms with Crippen LogP contribution >= 0.6 is 0 Å². The number of carbonyl (C=O) groups excluding carboxylic acids is 1. The van der Waals surface area contributed by atoms with Gasteiger partial charge in [0.2, 0.25) is 5.91 Å². The summed E-state index contributed by atoms with van der Waals surface area (Å²) in [5.41, 5.74) is 11.3. The highest BCUT2D eigenvalue weighted by molar-refractivity contribution is 5.86. The van der Waals surface area contributed by atoms with Crippen LogP contribution in [0.4, 0.5) is 0 Å². The van der Waals surface area contributed by atoms with Gasteiger partial charge in [0.1, 0.15) is 5.54 Å². The van der Waals surface area contributed by atoms with Gasteiger partial charge < -0.3 is 16.2 Å². The number of hydrogen-bond acceptors (Lipinski definition) is 4. The Bertz CT molecular complexity index is 410. The highest BCUT2D eigenvalue weighted by atomic mass is 16.5. The summed E-state index contributed by atoms with van der Waals surface area (Å²) in [6.07, 6.45) is 0. The second-order valence-electron chi connectivity index (χ2n) is 4.92. The van der Waals surface area contributed by atoms with E-state index in [-0.39, 0.29) is 6.04 Å². The smallest absolute Gasteiger partial charge is 0.243 e. The number of likely N-dealkylation sites (N-methyl/N-ethyl adjacent to an activating group) is 1. The highest BCUT2D eigenvalue weighted by Gasteiger charge is 2.36. The molecule has 0 aromatic heterocycles. The Morgan fingerprint density at radius 3 is 2.47 bits per heavy atom. The lowest BCUT2D eigenvalue weighted by atomic mass is 9.89. The number of ether oxygens (including phenoxy) is 1. The molecule has 5 nitrogen and oxygen atoms in total. The van der Waals surface area contributed by atoms with Gasteiger partial charge in [0.05, 0.1) is 6.61 Å². The van der Waals surface area contributed by atoms with Crippen LogP contribution in [0.1, 0.15) is 12.5 Å². The monoisotopic (exact) mass is 265 g/mol. The van der Waals surface area contributed by atoms with Crippen LogP contribution < -0.4 is 11.5 Å². The summed E-state index contributed by atoms with van der Waals surface area (Å²) in [6.45, 7) is 2.92. The number of amides is 1. The average molecular weight is 265 g/mol. The van der Waals surface area contributed by atoms with Crippen molar-refractivity contribution in [3.05, 3.63) is 35.9 Å². The highest BCUT2D eigenvalue weighted by Crippen LogP contribution is 2.19. The molecule has 0 aliphatic heterocycles. The molecule has 5 heteroatoms. The quantitative estimate of drug-likeness (QED) is 0.742. The SMILES string of the molecule is COCC(C)N(C)CC(N)(C(N)=O)c1ccccc1. The Morgan fingerprint density at radius 2 is 2.00 bits per heavy atom. The summed E-state index contributed by atoms with van der Waals surface area (Å²) in [7, 11) is 3.54. The number of carbonyl (C=O) groups is 1. The molecule has 0 bridgehead atoms. The summed E-state index contributed by atoms with van der Waals surface area (Å²) in [5, 5.41) is 0.